The van der Waals surface area contributed by atoms with Crippen LogP contribution in [-0.2, 0) is 6.54 Å². The summed E-state index contributed by atoms with van der Waals surface area (Å²) in [6.45, 7) is 11.8. The van der Waals surface area contributed by atoms with Gasteiger partial charge in [-0.3, -0.25) is 4.79 Å². The number of aromatic nitrogens is 2. The van der Waals surface area contributed by atoms with Gasteiger partial charge in [0.1, 0.15) is 11.6 Å². The highest BCUT2D eigenvalue weighted by molar-refractivity contribution is 6.33. The van der Waals surface area contributed by atoms with Crippen LogP contribution in [0.4, 0.5) is 10.2 Å². The Morgan fingerprint density at radius 3 is 2.49 bits per heavy atom. The lowest BCUT2D eigenvalue weighted by atomic mass is 10.1. The van der Waals surface area contributed by atoms with Crippen molar-refractivity contribution in [2.75, 3.05) is 44.2 Å². The third-order valence-electron chi connectivity index (χ3n) is 6.56. The zero-order valence-corrected chi connectivity index (χ0v) is 21.4. The minimum absolute atomic E-state index is 0.0999. The summed E-state index contributed by atoms with van der Waals surface area (Å²) in [6, 6.07) is 13.7. The highest BCUT2D eigenvalue weighted by atomic mass is 35.5. The van der Waals surface area contributed by atoms with Crippen molar-refractivity contribution >= 4 is 23.3 Å². The van der Waals surface area contributed by atoms with E-state index in [0.29, 0.717) is 29.4 Å². The molecule has 0 saturated carbocycles. The molecule has 1 fully saturated rings. The van der Waals surface area contributed by atoms with Gasteiger partial charge in [0, 0.05) is 38.3 Å². The van der Waals surface area contributed by atoms with E-state index in [1.165, 1.54) is 12.1 Å². The summed E-state index contributed by atoms with van der Waals surface area (Å²) in [7, 11) is 0. The number of piperazine rings is 1. The number of carbonyl (C=O) groups is 1. The number of likely N-dealkylation sites (N-methyl/N-ethyl adjacent to an activating group) is 1. The minimum Gasteiger partial charge on any atom is -0.354 e. The minimum atomic E-state index is -0.305. The summed E-state index contributed by atoms with van der Waals surface area (Å²) in [5.74, 6) is 0.523. The number of benzene rings is 2. The van der Waals surface area contributed by atoms with Crippen LogP contribution in [-0.4, -0.2) is 64.8 Å². The second-order valence-electron chi connectivity index (χ2n) is 8.91. The first kappa shape index (κ1) is 25.2. The van der Waals surface area contributed by atoms with Gasteiger partial charge in [-0.15, -0.1) is 0 Å². The van der Waals surface area contributed by atoms with Crippen molar-refractivity contribution in [2.45, 2.75) is 33.7 Å². The van der Waals surface area contributed by atoms with Crippen molar-refractivity contribution in [2.24, 2.45) is 0 Å². The van der Waals surface area contributed by atoms with E-state index in [0.717, 1.165) is 56.2 Å². The van der Waals surface area contributed by atoms with Gasteiger partial charge >= 0.3 is 0 Å². The normalized spacial score (nSPS) is 14.4. The predicted molar refractivity (Wildman–Crippen MR) is 139 cm³/mol. The van der Waals surface area contributed by atoms with Gasteiger partial charge in [0.05, 0.1) is 28.5 Å². The van der Waals surface area contributed by atoms with E-state index in [4.69, 9.17) is 16.7 Å². The van der Waals surface area contributed by atoms with Crippen molar-refractivity contribution < 1.29 is 9.18 Å². The molecule has 1 aliphatic heterocycles. The fourth-order valence-corrected chi connectivity index (χ4v) is 4.86. The summed E-state index contributed by atoms with van der Waals surface area (Å²) in [6.07, 6.45) is 0.817. The molecule has 2 heterocycles. The van der Waals surface area contributed by atoms with Crippen LogP contribution in [0.25, 0.3) is 5.69 Å². The molecule has 1 saturated heterocycles. The number of hydrogen-bond donors (Lipinski definition) is 0. The van der Waals surface area contributed by atoms with Crippen LogP contribution in [0.15, 0.2) is 48.5 Å². The highest BCUT2D eigenvalue weighted by Gasteiger charge is 2.28. The maximum Gasteiger partial charge on any atom is 0.255 e. The summed E-state index contributed by atoms with van der Waals surface area (Å²) in [5.41, 5.74) is 2.98. The standard InChI is InChI=1S/C27H33ClFN5O/c1-4-13-33(27(35)23-11-6-7-12-25(23)28)19-24-20(3)30-34(22-10-8-9-21(29)18-22)26(24)32-16-14-31(5-2)15-17-32/h6-12,18H,4-5,13-17,19H2,1-3H3. The molecule has 0 bridgehead atoms. The molecule has 0 N–H and O–H groups in total. The number of aryl methyl sites for hydroxylation is 1. The van der Waals surface area contributed by atoms with Crippen molar-refractivity contribution in [1.82, 2.24) is 19.6 Å². The molecule has 0 unspecified atom stereocenters. The Labute approximate surface area is 211 Å². The van der Waals surface area contributed by atoms with Gasteiger partial charge in [-0.05, 0) is 50.2 Å². The van der Waals surface area contributed by atoms with E-state index in [2.05, 4.69) is 23.6 Å². The Morgan fingerprint density at radius 2 is 1.83 bits per heavy atom. The fraction of sp³-hybridized carbons (Fsp3) is 0.407. The zero-order chi connectivity index (χ0) is 24.9. The molecule has 8 heteroatoms. The predicted octanol–water partition coefficient (Wildman–Crippen LogP) is 5.17. The first-order valence-corrected chi connectivity index (χ1v) is 12.7. The van der Waals surface area contributed by atoms with Crippen molar-refractivity contribution in [3.63, 3.8) is 0 Å². The molecule has 6 nitrogen and oxygen atoms in total. The molecule has 0 radical (unpaired) electrons. The smallest absolute Gasteiger partial charge is 0.255 e. The number of halogens is 2. The number of anilines is 1. The van der Waals surface area contributed by atoms with Gasteiger partial charge in [0.25, 0.3) is 5.91 Å². The maximum absolute atomic E-state index is 14.1. The maximum atomic E-state index is 14.1. The summed E-state index contributed by atoms with van der Waals surface area (Å²) in [4.78, 5) is 20.1. The molecule has 1 amide bonds. The second kappa shape index (κ2) is 11.2. The van der Waals surface area contributed by atoms with Gasteiger partial charge in [-0.1, -0.05) is 43.6 Å². The van der Waals surface area contributed by atoms with Crippen molar-refractivity contribution in [1.29, 1.82) is 0 Å². The van der Waals surface area contributed by atoms with E-state index in [1.807, 2.05) is 34.7 Å². The fourth-order valence-electron chi connectivity index (χ4n) is 4.64. The van der Waals surface area contributed by atoms with Crippen molar-refractivity contribution in [3.8, 4) is 5.69 Å². The lowest BCUT2D eigenvalue weighted by Crippen LogP contribution is -2.47. The summed E-state index contributed by atoms with van der Waals surface area (Å²) in [5, 5.41) is 5.28. The van der Waals surface area contributed by atoms with Gasteiger partial charge in [0.15, 0.2) is 0 Å². The Bertz CT molecular complexity index is 1170. The number of carbonyl (C=O) groups excluding carboxylic acids is 1. The van der Waals surface area contributed by atoms with Crippen LogP contribution < -0.4 is 4.90 Å². The molecular formula is C27H33ClFN5O. The van der Waals surface area contributed by atoms with E-state index in [9.17, 15) is 9.18 Å². The number of hydrogen-bond acceptors (Lipinski definition) is 4. The molecular weight excluding hydrogens is 465 g/mol. The molecule has 1 aromatic heterocycles. The number of rotatable bonds is 8. The molecule has 0 atom stereocenters. The first-order chi connectivity index (χ1) is 16.9. The highest BCUT2D eigenvalue weighted by Crippen LogP contribution is 2.31. The van der Waals surface area contributed by atoms with Crippen LogP contribution in [0.3, 0.4) is 0 Å². The van der Waals surface area contributed by atoms with Crippen LogP contribution in [0.5, 0.6) is 0 Å². The molecule has 4 rings (SSSR count). The average Bonchev–Trinajstić information content (AvgIpc) is 3.19. The van der Waals surface area contributed by atoms with Crippen molar-refractivity contribution in [3.05, 3.63) is 76.2 Å². The Balaban J connectivity index is 1.75. The average molecular weight is 498 g/mol. The topological polar surface area (TPSA) is 44.6 Å². The second-order valence-corrected chi connectivity index (χ2v) is 9.31. The molecule has 2 aromatic carbocycles. The van der Waals surface area contributed by atoms with Crippen LogP contribution in [0.2, 0.25) is 5.02 Å². The zero-order valence-electron chi connectivity index (χ0n) is 20.7. The third-order valence-corrected chi connectivity index (χ3v) is 6.89. The lowest BCUT2D eigenvalue weighted by Gasteiger charge is -2.36. The van der Waals surface area contributed by atoms with E-state index < -0.39 is 0 Å². The molecule has 0 spiro atoms. The van der Waals surface area contributed by atoms with Crippen LogP contribution in [0.1, 0.15) is 41.9 Å². The Hall–Kier alpha value is -2.90. The summed E-state index contributed by atoms with van der Waals surface area (Å²) < 4.78 is 16.0. The largest absolute Gasteiger partial charge is 0.354 e. The van der Waals surface area contributed by atoms with E-state index in [-0.39, 0.29) is 11.7 Å². The molecule has 1 aliphatic rings. The third kappa shape index (κ3) is 5.52. The van der Waals surface area contributed by atoms with E-state index in [1.54, 1.807) is 18.2 Å². The molecule has 0 aliphatic carbocycles. The molecule has 186 valence electrons. The first-order valence-electron chi connectivity index (χ1n) is 12.3. The van der Waals surface area contributed by atoms with Gasteiger partial charge in [0.2, 0.25) is 0 Å². The molecule has 3 aromatic rings. The van der Waals surface area contributed by atoms with Crippen LogP contribution in [0, 0.1) is 12.7 Å². The van der Waals surface area contributed by atoms with Gasteiger partial charge < -0.3 is 14.7 Å². The Morgan fingerprint density at radius 1 is 1.09 bits per heavy atom. The van der Waals surface area contributed by atoms with E-state index >= 15 is 0 Å². The summed E-state index contributed by atoms with van der Waals surface area (Å²) >= 11 is 6.36. The number of nitrogens with zero attached hydrogens (tertiary/aromatic N) is 5. The SMILES string of the molecule is CCCN(Cc1c(C)nn(-c2cccc(F)c2)c1N1CCN(CC)CC1)C(=O)c1ccccc1Cl. The number of amides is 1. The lowest BCUT2D eigenvalue weighted by molar-refractivity contribution is 0.0743. The van der Waals surface area contributed by atoms with Gasteiger partial charge in [-0.2, -0.15) is 5.10 Å². The monoisotopic (exact) mass is 497 g/mol. The quantitative estimate of drug-likeness (QED) is 0.431. The molecule has 35 heavy (non-hydrogen) atoms. The Kier molecular flexibility index (Phi) is 8.08. The van der Waals surface area contributed by atoms with Crippen LogP contribution >= 0.6 is 11.6 Å². The van der Waals surface area contributed by atoms with Gasteiger partial charge in [-0.25, -0.2) is 9.07 Å².